The molecule has 3 rings (SSSR count). The fourth-order valence-electron chi connectivity index (χ4n) is 2.80. The van der Waals surface area contributed by atoms with E-state index in [1.54, 1.807) is 24.3 Å². The number of piperazine rings is 1. The number of hydrogen-bond donors (Lipinski definition) is 1. The Morgan fingerprint density at radius 3 is 2.08 bits per heavy atom. The van der Waals surface area contributed by atoms with Gasteiger partial charge >= 0.3 is 6.03 Å². The summed E-state index contributed by atoms with van der Waals surface area (Å²) in [7, 11) is 0. The van der Waals surface area contributed by atoms with Gasteiger partial charge in [-0.25, -0.2) is 4.79 Å². The maximum absolute atomic E-state index is 12.4. The van der Waals surface area contributed by atoms with Crippen molar-refractivity contribution < 1.29 is 9.59 Å². The van der Waals surface area contributed by atoms with Gasteiger partial charge in [-0.1, -0.05) is 18.2 Å². The molecule has 1 saturated heterocycles. The second-order valence-electron chi connectivity index (χ2n) is 5.87. The minimum absolute atomic E-state index is 0.0184. The lowest BCUT2D eigenvalue weighted by Crippen LogP contribution is -2.50. The summed E-state index contributed by atoms with van der Waals surface area (Å²) >= 11 is 0. The van der Waals surface area contributed by atoms with Crippen molar-refractivity contribution in [2.24, 2.45) is 0 Å². The lowest BCUT2D eigenvalue weighted by atomic mass is 10.1. The minimum Gasteiger partial charge on any atom is -0.368 e. The molecule has 2 amide bonds. The van der Waals surface area contributed by atoms with E-state index in [1.807, 2.05) is 23.1 Å². The van der Waals surface area contributed by atoms with Crippen molar-refractivity contribution in [3.63, 3.8) is 0 Å². The van der Waals surface area contributed by atoms with Crippen LogP contribution < -0.4 is 10.2 Å². The standard InChI is InChI=1S/C19H21N3O2/c1-15(23)16-7-9-17(10-8-16)20-19(24)22-13-11-21(12-14-22)18-5-3-2-4-6-18/h2-10H,11-14H2,1H3,(H,20,24). The van der Waals surface area contributed by atoms with Crippen LogP contribution in [0.5, 0.6) is 0 Å². The Bertz CT molecular complexity index is 705. The number of para-hydroxylation sites is 1. The Balaban J connectivity index is 1.54. The number of carbonyl (C=O) groups excluding carboxylic acids is 2. The summed E-state index contributed by atoms with van der Waals surface area (Å²) in [6, 6.07) is 17.1. The van der Waals surface area contributed by atoms with Gasteiger partial charge in [0, 0.05) is 43.1 Å². The van der Waals surface area contributed by atoms with E-state index in [9.17, 15) is 9.59 Å². The van der Waals surface area contributed by atoms with Crippen molar-refractivity contribution in [3.8, 4) is 0 Å². The van der Waals surface area contributed by atoms with Gasteiger partial charge in [0.25, 0.3) is 0 Å². The van der Waals surface area contributed by atoms with E-state index in [1.165, 1.54) is 12.6 Å². The highest BCUT2D eigenvalue weighted by Crippen LogP contribution is 2.16. The van der Waals surface area contributed by atoms with Gasteiger partial charge in [0.2, 0.25) is 0 Å². The Hall–Kier alpha value is -2.82. The highest BCUT2D eigenvalue weighted by molar-refractivity contribution is 5.95. The van der Waals surface area contributed by atoms with Gasteiger partial charge in [-0.15, -0.1) is 0 Å². The summed E-state index contributed by atoms with van der Waals surface area (Å²) in [5.74, 6) is 0.0184. The third-order valence-electron chi connectivity index (χ3n) is 4.23. The van der Waals surface area contributed by atoms with Crippen molar-refractivity contribution in [1.82, 2.24) is 4.90 Å². The highest BCUT2D eigenvalue weighted by atomic mass is 16.2. The Kier molecular flexibility index (Phi) is 4.79. The molecule has 0 bridgehead atoms. The summed E-state index contributed by atoms with van der Waals surface area (Å²) in [4.78, 5) is 27.7. The number of amides is 2. The smallest absolute Gasteiger partial charge is 0.321 e. The van der Waals surface area contributed by atoms with E-state index in [0.29, 0.717) is 24.3 Å². The number of carbonyl (C=O) groups is 2. The zero-order chi connectivity index (χ0) is 16.9. The molecular formula is C19H21N3O2. The zero-order valence-corrected chi connectivity index (χ0v) is 13.7. The maximum Gasteiger partial charge on any atom is 0.321 e. The topological polar surface area (TPSA) is 52.7 Å². The van der Waals surface area contributed by atoms with Crippen LogP contribution in [0.25, 0.3) is 0 Å². The minimum atomic E-state index is -0.0988. The molecule has 1 aliphatic rings. The van der Waals surface area contributed by atoms with Crippen LogP contribution in [-0.4, -0.2) is 42.9 Å². The van der Waals surface area contributed by atoms with Gasteiger partial charge in [0.15, 0.2) is 5.78 Å². The van der Waals surface area contributed by atoms with Gasteiger partial charge in [-0.05, 0) is 43.3 Å². The first kappa shape index (κ1) is 16.1. The van der Waals surface area contributed by atoms with Gasteiger partial charge in [-0.2, -0.15) is 0 Å². The van der Waals surface area contributed by atoms with Crippen LogP contribution in [0.3, 0.4) is 0 Å². The largest absolute Gasteiger partial charge is 0.368 e. The van der Waals surface area contributed by atoms with Crippen LogP contribution in [-0.2, 0) is 0 Å². The lowest BCUT2D eigenvalue weighted by molar-refractivity contribution is 0.101. The number of hydrogen-bond acceptors (Lipinski definition) is 3. The van der Waals surface area contributed by atoms with Crippen molar-refractivity contribution in [1.29, 1.82) is 0 Å². The van der Waals surface area contributed by atoms with E-state index < -0.39 is 0 Å². The number of nitrogens with zero attached hydrogens (tertiary/aromatic N) is 2. The molecule has 1 heterocycles. The normalized spacial score (nSPS) is 14.4. The molecule has 1 fully saturated rings. The van der Waals surface area contributed by atoms with Crippen LogP contribution >= 0.6 is 0 Å². The molecule has 5 nitrogen and oxygen atoms in total. The van der Waals surface area contributed by atoms with Gasteiger partial charge in [0.1, 0.15) is 0 Å². The van der Waals surface area contributed by atoms with Crippen LogP contribution in [0.2, 0.25) is 0 Å². The van der Waals surface area contributed by atoms with Crippen LogP contribution in [0, 0.1) is 0 Å². The van der Waals surface area contributed by atoms with Gasteiger partial charge in [-0.3, -0.25) is 4.79 Å². The molecule has 0 unspecified atom stereocenters. The van der Waals surface area contributed by atoms with E-state index in [0.717, 1.165) is 13.1 Å². The zero-order valence-electron chi connectivity index (χ0n) is 13.7. The third kappa shape index (κ3) is 3.74. The third-order valence-corrected chi connectivity index (χ3v) is 4.23. The van der Waals surface area contributed by atoms with Crippen LogP contribution in [0.4, 0.5) is 16.2 Å². The van der Waals surface area contributed by atoms with Crippen molar-refractivity contribution >= 4 is 23.2 Å². The Morgan fingerprint density at radius 1 is 0.875 bits per heavy atom. The average Bonchev–Trinajstić information content (AvgIpc) is 2.63. The molecule has 5 heteroatoms. The van der Waals surface area contributed by atoms with Crippen LogP contribution in [0.1, 0.15) is 17.3 Å². The van der Waals surface area contributed by atoms with Crippen molar-refractivity contribution in [3.05, 3.63) is 60.2 Å². The van der Waals surface area contributed by atoms with E-state index in [4.69, 9.17) is 0 Å². The fourth-order valence-corrected chi connectivity index (χ4v) is 2.80. The number of urea groups is 1. The molecule has 1 N–H and O–H groups in total. The number of benzene rings is 2. The Labute approximate surface area is 141 Å². The first-order chi connectivity index (χ1) is 11.6. The van der Waals surface area contributed by atoms with Crippen molar-refractivity contribution in [2.75, 3.05) is 36.4 Å². The number of nitrogens with one attached hydrogen (secondary N) is 1. The number of Topliss-reactive ketones (excluding diaryl/α,β-unsaturated/α-hetero) is 1. The molecule has 0 atom stereocenters. The maximum atomic E-state index is 12.4. The molecule has 24 heavy (non-hydrogen) atoms. The predicted octanol–water partition coefficient (Wildman–Crippen LogP) is 3.24. The molecule has 124 valence electrons. The number of rotatable bonds is 3. The average molecular weight is 323 g/mol. The first-order valence-electron chi connectivity index (χ1n) is 8.10. The summed E-state index contributed by atoms with van der Waals surface area (Å²) < 4.78 is 0. The lowest BCUT2D eigenvalue weighted by Gasteiger charge is -2.36. The molecular weight excluding hydrogens is 302 g/mol. The molecule has 0 radical (unpaired) electrons. The second kappa shape index (κ2) is 7.17. The number of ketones is 1. The summed E-state index contributed by atoms with van der Waals surface area (Å²) in [6.45, 7) is 4.54. The molecule has 2 aromatic carbocycles. The van der Waals surface area contributed by atoms with Crippen LogP contribution in [0.15, 0.2) is 54.6 Å². The van der Waals surface area contributed by atoms with E-state index >= 15 is 0 Å². The first-order valence-corrected chi connectivity index (χ1v) is 8.10. The molecule has 0 aliphatic carbocycles. The SMILES string of the molecule is CC(=O)c1ccc(NC(=O)N2CCN(c3ccccc3)CC2)cc1. The fraction of sp³-hybridized carbons (Fsp3) is 0.263. The molecule has 0 spiro atoms. The molecule has 0 saturated carbocycles. The Morgan fingerprint density at radius 2 is 1.50 bits per heavy atom. The van der Waals surface area contributed by atoms with Gasteiger partial charge in [0.05, 0.1) is 0 Å². The van der Waals surface area contributed by atoms with Gasteiger partial charge < -0.3 is 15.1 Å². The molecule has 1 aliphatic heterocycles. The number of anilines is 2. The predicted molar refractivity (Wildman–Crippen MR) is 95.7 cm³/mol. The monoisotopic (exact) mass is 323 g/mol. The van der Waals surface area contributed by atoms with E-state index in [-0.39, 0.29) is 11.8 Å². The highest BCUT2D eigenvalue weighted by Gasteiger charge is 2.21. The van der Waals surface area contributed by atoms with E-state index in [2.05, 4.69) is 22.3 Å². The van der Waals surface area contributed by atoms with Crippen molar-refractivity contribution in [2.45, 2.75) is 6.92 Å². The second-order valence-corrected chi connectivity index (χ2v) is 5.87. The quantitative estimate of drug-likeness (QED) is 0.882. The molecule has 2 aromatic rings. The molecule has 0 aromatic heterocycles. The summed E-state index contributed by atoms with van der Waals surface area (Å²) in [5.41, 5.74) is 2.54. The summed E-state index contributed by atoms with van der Waals surface area (Å²) in [6.07, 6.45) is 0. The summed E-state index contributed by atoms with van der Waals surface area (Å²) in [5, 5.41) is 2.89.